The number of hydrogen-bond acceptors (Lipinski definition) is 5. The zero-order valence-corrected chi connectivity index (χ0v) is 16.2. The Morgan fingerprint density at radius 2 is 1.67 bits per heavy atom. The van der Waals surface area contributed by atoms with Crippen LogP contribution in [0, 0.1) is 0 Å². The van der Waals surface area contributed by atoms with Crippen molar-refractivity contribution in [1.82, 2.24) is 14.1 Å². The van der Waals surface area contributed by atoms with Crippen molar-refractivity contribution in [2.24, 2.45) is 0 Å². The van der Waals surface area contributed by atoms with Crippen LogP contribution in [-0.2, 0) is 24.4 Å². The molecule has 0 aromatic heterocycles. The largest absolute Gasteiger partial charge is 0.340 e. The highest BCUT2D eigenvalue weighted by molar-refractivity contribution is 7.89. The van der Waals surface area contributed by atoms with Gasteiger partial charge in [0.25, 0.3) is 0 Å². The van der Waals surface area contributed by atoms with Gasteiger partial charge >= 0.3 is 0 Å². The van der Waals surface area contributed by atoms with E-state index in [4.69, 9.17) is 11.6 Å². The zero-order valence-electron chi connectivity index (χ0n) is 14.6. The van der Waals surface area contributed by atoms with Crippen LogP contribution in [0.15, 0.2) is 29.2 Å². The van der Waals surface area contributed by atoms with Gasteiger partial charge in [0.15, 0.2) is 0 Å². The first-order chi connectivity index (χ1) is 12.8. The van der Waals surface area contributed by atoms with E-state index in [1.54, 1.807) is 17.0 Å². The summed E-state index contributed by atoms with van der Waals surface area (Å²) < 4.78 is 26.7. The Morgan fingerprint density at radius 3 is 2.26 bits per heavy atom. The highest BCUT2D eigenvalue weighted by Gasteiger charge is 2.32. The van der Waals surface area contributed by atoms with E-state index in [0.717, 1.165) is 4.90 Å². The number of piperazine rings is 1. The molecule has 1 aromatic carbocycles. The van der Waals surface area contributed by atoms with Gasteiger partial charge in [0, 0.05) is 57.0 Å². The minimum absolute atomic E-state index is 0.0541. The Labute approximate surface area is 162 Å². The third kappa shape index (κ3) is 4.31. The van der Waals surface area contributed by atoms with Crippen LogP contribution in [0.2, 0.25) is 5.02 Å². The van der Waals surface area contributed by atoms with Gasteiger partial charge in [0.05, 0.1) is 4.90 Å². The molecule has 0 unspecified atom stereocenters. The molecule has 10 heteroatoms. The van der Waals surface area contributed by atoms with Crippen LogP contribution >= 0.6 is 11.6 Å². The van der Waals surface area contributed by atoms with Crippen LogP contribution in [0.4, 0.5) is 0 Å². The molecule has 0 atom stereocenters. The summed E-state index contributed by atoms with van der Waals surface area (Å²) in [6.07, 6.45) is 0.457. The van der Waals surface area contributed by atoms with Crippen LogP contribution in [0.25, 0.3) is 0 Å². The topological polar surface area (TPSA) is 95.1 Å². The highest BCUT2D eigenvalue weighted by atomic mass is 35.5. The second-order valence-corrected chi connectivity index (χ2v) is 8.81. The Hall–Kier alpha value is -1.97. The lowest BCUT2D eigenvalue weighted by Crippen LogP contribution is -2.51. The molecule has 8 nitrogen and oxygen atoms in total. The van der Waals surface area contributed by atoms with Crippen molar-refractivity contribution in [2.75, 3.05) is 32.7 Å². The monoisotopic (exact) mass is 413 g/mol. The summed E-state index contributed by atoms with van der Waals surface area (Å²) in [7, 11) is -3.66. The molecule has 2 aliphatic heterocycles. The first-order valence-electron chi connectivity index (χ1n) is 8.66. The number of benzene rings is 1. The van der Waals surface area contributed by atoms with Gasteiger partial charge < -0.3 is 4.90 Å². The van der Waals surface area contributed by atoms with E-state index < -0.39 is 10.0 Å². The third-order valence-corrected chi connectivity index (χ3v) is 6.86. The van der Waals surface area contributed by atoms with Gasteiger partial charge in [-0.1, -0.05) is 17.7 Å². The number of carbonyl (C=O) groups is 3. The van der Waals surface area contributed by atoms with Crippen molar-refractivity contribution in [1.29, 1.82) is 0 Å². The third-order valence-electron chi connectivity index (χ3n) is 4.73. The predicted octanol–water partition coefficient (Wildman–Crippen LogP) is 0.712. The number of hydrogen-bond donors (Lipinski definition) is 0. The van der Waals surface area contributed by atoms with Crippen LogP contribution in [0.5, 0.6) is 0 Å². The number of imide groups is 1. The summed E-state index contributed by atoms with van der Waals surface area (Å²) in [5.74, 6) is -0.683. The molecule has 1 aromatic rings. The maximum atomic E-state index is 12.7. The fraction of sp³-hybridized carbons (Fsp3) is 0.471. The smallest absolute Gasteiger partial charge is 0.243 e. The molecule has 2 heterocycles. The lowest BCUT2D eigenvalue weighted by Gasteiger charge is -2.34. The van der Waals surface area contributed by atoms with Crippen molar-refractivity contribution in [3.8, 4) is 0 Å². The zero-order chi connectivity index (χ0) is 19.6. The average molecular weight is 414 g/mol. The fourth-order valence-electron chi connectivity index (χ4n) is 3.19. The SMILES string of the molecule is O=C(CCN1C(=O)CCC1=O)N1CCN(S(=O)(=O)c2cccc(Cl)c2)CC1. The van der Waals surface area contributed by atoms with Crippen molar-refractivity contribution >= 4 is 39.3 Å². The molecular weight excluding hydrogens is 394 g/mol. The summed E-state index contributed by atoms with van der Waals surface area (Å²) in [6.45, 7) is 0.975. The molecule has 0 aliphatic carbocycles. The second kappa shape index (κ2) is 7.95. The molecule has 0 bridgehead atoms. The van der Waals surface area contributed by atoms with Gasteiger partial charge in [-0.3, -0.25) is 19.3 Å². The molecule has 27 heavy (non-hydrogen) atoms. The molecule has 0 radical (unpaired) electrons. The van der Waals surface area contributed by atoms with E-state index in [0.29, 0.717) is 5.02 Å². The van der Waals surface area contributed by atoms with E-state index >= 15 is 0 Å². The lowest BCUT2D eigenvalue weighted by molar-refractivity contribution is -0.139. The summed E-state index contributed by atoms with van der Waals surface area (Å²) >= 11 is 5.88. The van der Waals surface area contributed by atoms with Gasteiger partial charge in [-0.2, -0.15) is 4.31 Å². The highest BCUT2D eigenvalue weighted by Crippen LogP contribution is 2.21. The van der Waals surface area contributed by atoms with Gasteiger partial charge in [0.2, 0.25) is 27.7 Å². The van der Waals surface area contributed by atoms with E-state index in [2.05, 4.69) is 0 Å². The second-order valence-electron chi connectivity index (χ2n) is 6.43. The fourth-order valence-corrected chi connectivity index (χ4v) is 4.92. The number of sulfonamides is 1. The van der Waals surface area contributed by atoms with Gasteiger partial charge in [-0.15, -0.1) is 0 Å². The summed E-state index contributed by atoms with van der Waals surface area (Å²) in [6, 6.07) is 6.07. The maximum Gasteiger partial charge on any atom is 0.243 e. The number of halogens is 1. The van der Waals surface area contributed by atoms with E-state index in [1.807, 2.05) is 0 Å². The lowest BCUT2D eigenvalue weighted by atomic mass is 10.3. The first kappa shape index (κ1) is 19.8. The molecule has 146 valence electrons. The Bertz CT molecular complexity index is 849. The van der Waals surface area contributed by atoms with Crippen LogP contribution in [0.3, 0.4) is 0 Å². The van der Waals surface area contributed by atoms with Crippen LogP contribution in [-0.4, -0.2) is 73.0 Å². The molecule has 3 rings (SSSR count). The number of rotatable bonds is 5. The van der Waals surface area contributed by atoms with Crippen molar-refractivity contribution in [2.45, 2.75) is 24.2 Å². The van der Waals surface area contributed by atoms with E-state index in [-0.39, 0.29) is 74.6 Å². The summed E-state index contributed by atoms with van der Waals surface area (Å²) in [5.41, 5.74) is 0. The van der Waals surface area contributed by atoms with Crippen molar-refractivity contribution in [3.05, 3.63) is 29.3 Å². The number of nitrogens with zero attached hydrogens (tertiary/aromatic N) is 3. The normalized spacial score (nSPS) is 19.0. The number of likely N-dealkylation sites (tertiary alicyclic amines) is 1. The van der Waals surface area contributed by atoms with Gasteiger partial charge in [-0.25, -0.2) is 8.42 Å². The molecule has 0 saturated carbocycles. The van der Waals surface area contributed by atoms with Crippen molar-refractivity contribution in [3.63, 3.8) is 0 Å². The Kier molecular flexibility index (Phi) is 5.83. The van der Waals surface area contributed by atoms with E-state index in [9.17, 15) is 22.8 Å². The first-order valence-corrected chi connectivity index (χ1v) is 10.5. The molecule has 0 spiro atoms. The molecule has 2 aliphatic rings. The van der Waals surface area contributed by atoms with Gasteiger partial charge in [0.1, 0.15) is 0 Å². The standard InChI is InChI=1S/C17H20ClN3O5S/c18-13-2-1-3-14(12-13)27(25,26)20-10-8-19(9-11-20)15(22)6-7-21-16(23)4-5-17(21)24/h1-3,12H,4-11H2. The molecular formula is C17H20ClN3O5S. The Morgan fingerprint density at radius 1 is 1.04 bits per heavy atom. The molecule has 2 saturated heterocycles. The minimum Gasteiger partial charge on any atom is -0.340 e. The average Bonchev–Trinajstić information content (AvgIpc) is 2.97. The molecule has 0 N–H and O–H groups in total. The van der Waals surface area contributed by atoms with Crippen LogP contribution < -0.4 is 0 Å². The van der Waals surface area contributed by atoms with Crippen molar-refractivity contribution < 1.29 is 22.8 Å². The summed E-state index contributed by atoms with van der Waals surface area (Å²) in [5, 5.41) is 0.343. The molecule has 3 amide bonds. The number of amides is 3. The predicted molar refractivity (Wildman–Crippen MR) is 97.4 cm³/mol. The summed E-state index contributed by atoms with van der Waals surface area (Å²) in [4.78, 5) is 38.3. The van der Waals surface area contributed by atoms with Gasteiger partial charge in [-0.05, 0) is 18.2 Å². The maximum absolute atomic E-state index is 12.7. The Balaban J connectivity index is 1.54. The van der Waals surface area contributed by atoms with Crippen LogP contribution in [0.1, 0.15) is 19.3 Å². The number of carbonyl (C=O) groups excluding carboxylic acids is 3. The quantitative estimate of drug-likeness (QED) is 0.662. The minimum atomic E-state index is -3.66. The molecule has 2 fully saturated rings. The van der Waals surface area contributed by atoms with E-state index in [1.165, 1.54) is 16.4 Å².